The van der Waals surface area contributed by atoms with Crippen molar-refractivity contribution in [2.45, 2.75) is 19.9 Å². The molecule has 3 rings (SSSR count). The van der Waals surface area contributed by atoms with Crippen molar-refractivity contribution in [3.8, 4) is 17.2 Å². The summed E-state index contributed by atoms with van der Waals surface area (Å²) in [5, 5.41) is 19.9. The molecule has 1 heterocycles. The number of nitrogens with one attached hydrogen (secondary N) is 3. The summed E-state index contributed by atoms with van der Waals surface area (Å²) in [4.78, 5) is 24.9. The number of hydrazone groups is 1. The van der Waals surface area contributed by atoms with Crippen LogP contribution in [0.4, 0.5) is 0 Å². The van der Waals surface area contributed by atoms with Crippen molar-refractivity contribution in [3.05, 3.63) is 64.9 Å². The number of carbonyl (C=O) groups is 2. The molecule has 0 aromatic heterocycles. The Morgan fingerprint density at radius 3 is 2.74 bits per heavy atom. The second-order valence-electron chi connectivity index (χ2n) is 7.34. The zero-order chi connectivity index (χ0) is 25.4. The largest absolute Gasteiger partial charge is 0.504 e. The van der Waals surface area contributed by atoms with Crippen LogP contribution in [0.25, 0.3) is 0 Å². The van der Waals surface area contributed by atoms with Crippen LogP contribution in [-0.4, -0.2) is 48.6 Å². The smallest absolute Gasteiger partial charge is 0.338 e. The van der Waals surface area contributed by atoms with Crippen LogP contribution in [0.2, 0.25) is 0 Å². The van der Waals surface area contributed by atoms with Crippen LogP contribution in [0.1, 0.15) is 31.0 Å². The molecule has 0 saturated carbocycles. The quantitative estimate of drug-likeness (QED) is 0.178. The maximum atomic E-state index is 12.6. The number of ether oxygens (including phenoxy) is 3. The summed E-state index contributed by atoms with van der Waals surface area (Å²) >= 11 is 5.27. The highest BCUT2D eigenvalue weighted by molar-refractivity contribution is 7.80. The van der Waals surface area contributed by atoms with Gasteiger partial charge in [-0.25, -0.2) is 10.2 Å². The number of allylic oxidation sites excluding steroid dienone is 1. The number of rotatable bonds is 9. The number of esters is 1. The Labute approximate surface area is 208 Å². The highest BCUT2D eigenvalue weighted by atomic mass is 32.1. The molecule has 0 fully saturated rings. The maximum Gasteiger partial charge on any atom is 0.338 e. The summed E-state index contributed by atoms with van der Waals surface area (Å²) in [5.74, 6) is -0.288. The predicted octanol–water partition coefficient (Wildman–Crippen LogP) is 2.29. The summed E-state index contributed by atoms with van der Waals surface area (Å²) < 4.78 is 16.0. The van der Waals surface area contributed by atoms with Crippen LogP contribution >= 0.6 is 12.2 Å². The van der Waals surface area contributed by atoms with Crippen molar-refractivity contribution >= 4 is 35.4 Å². The average Bonchev–Trinajstić information content (AvgIpc) is 2.83. The summed E-state index contributed by atoms with van der Waals surface area (Å²) in [6, 6.07) is 11.1. The van der Waals surface area contributed by atoms with E-state index in [1.807, 2.05) is 0 Å². The van der Waals surface area contributed by atoms with E-state index < -0.39 is 17.9 Å². The first-order valence-electron chi connectivity index (χ1n) is 10.7. The van der Waals surface area contributed by atoms with Crippen molar-refractivity contribution in [1.82, 2.24) is 16.1 Å². The monoisotopic (exact) mass is 498 g/mol. The summed E-state index contributed by atoms with van der Waals surface area (Å²) in [5.41, 5.74) is 4.56. The third-order valence-electron chi connectivity index (χ3n) is 4.96. The van der Waals surface area contributed by atoms with Crippen molar-refractivity contribution in [1.29, 1.82) is 0 Å². The SMILES string of the molecule is CCOC(=O)C1=C(C)NC(=S)N[C@@H]1c1ccccc1OCC(=O)NN=Cc1ccc(O)c(OC)c1. The number of carbonyl (C=O) groups excluding carboxylic acids is 2. The second-order valence-corrected chi connectivity index (χ2v) is 7.75. The van der Waals surface area contributed by atoms with Gasteiger partial charge in [0.1, 0.15) is 5.75 Å². The van der Waals surface area contributed by atoms with Gasteiger partial charge in [0.25, 0.3) is 5.91 Å². The summed E-state index contributed by atoms with van der Waals surface area (Å²) in [6.07, 6.45) is 1.41. The third kappa shape index (κ3) is 6.48. The molecular formula is C24H26N4O6S. The summed E-state index contributed by atoms with van der Waals surface area (Å²) in [7, 11) is 1.44. The molecule has 1 amide bonds. The van der Waals surface area contributed by atoms with E-state index in [9.17, 15) is 14.7 Å². The minimum absolute atomic E-state index is 0.000836. The molecule has 10 nitrogen and oxygen atoms in total. The number of hydrogen-bond donors (Lipinski definition) is 4. The fourth-order valence-electron chi connectivity index (χ4n) is 3.39. The molecular weight excluding hydrogens is 472 g/mol. The lowest BCUT2D eigenvalue weighted by molar-refractivity contribution is -0.139. The van der Waals surface area contributed by atoms with E-state index in [1.165, 1.54) is 19.4 Å². The third-order valence-corrected chi connectivity index (χ3v) is 5.18. The lowest BCUT2D eigenvalue weighted by Gasteiger charge is -2.30. The van der Waals surface area contributed by atoms with Crippen LogP contribution in [0, 0.1) is 0 Å². The van der Waals surface area contributed by atoms with Gasteiger partial charge >= 0.3 is 5.97 Å². The van der Waals surface area contributed by atoms with Crippen LogP contribution in [-0.2, 0) is 14.3 Å². The molecule has 1 atom stereocenters. The van der Waals surface area contributed by atoms with E-state index in [0.29, 0.717) is 33.3 Å². The first-order chi connectivity index (χ1) is 16.8. The highest BCUT2D eigenvalue weighted by Gasteiger charge is 2.32. The fourth-order valence-corrected chi connectivity index (χ4v) is 3.66. The van der Waals surface area contributed by atoms with Gasteiger partial charge in [0, 0.05) is 11.3 Å². The molecule has 35 heavy (non-hydrogen) atoms. The number of methoxy groups -OCH3 is 1. The summed E-state index contributed by atoms with van der Waals surface area (Å²) in [6.45, 7) is 3.38. The number of nitrogens with zero attached hydrogens (tertiary/aromatic N) is 1. The first-order valence-corrected chi connectivity index (χ1v) is 11.1. The van der Waals surface area contributed by atoms with Crippen molar-refractivity contribution < 1.29 is 28.9 Å². The standard InChI is InChI=1S/C24H26N4O6S/c1-4-33-23(31)21-14(2)26-24(35)27-22(21)16-7-5-6-8-18(16)34-13-20(30)28-25-12-15-9-10-17(29)19(11-15)32-3/h5-12,22,29H,4,13H2,1-3H3,(H,28,30)(H2,26,27,35)/t22-/m1/s1. The second kappa shape index (κ2) is 11.8. The normalized spacial score (nSPS) is 15.3. The Bertz CT molecular complexity index is 1180. The van der Waals surface area contributed by atoms with E-state index in [0.717, 1.165) is 0 Å². The number of phenolic OH excluding ortho intramolecular Hbond substituents is 1. The van der Waals surface area contributed by atoms with Gasteiger partial charge in [0.05, 0.1) is 31.5 Å². The molecule has 0 radical (unpaired) electrons. The van der Waals surface area contributed by atoms with Gasteiger partial charge in [-0.3, -0.25) is 4.79 Å². The number of aromatic hydroxyl groups is 1. The van der Waals surface area contributed by atoms with E-state index in [1.54, 1.807) is 50.2 Å². The van der Waals surface area contributed by atoms with Crippen molar-refractivity contribution in [2.75, 3.05) is 20.3 Å². The first kappa shape index (κ1) is 25.5. The Morgan fingerprint density at radius 1 is 1.23 bits per heavy atom. The van der Waals surface area contributed by atoms with Crippen LogP contribution in [0.5, 0.6) is 17.2 Å². The minimum atomic E-state index is -0.621. The zero-order valence-corrected chi connectivity index (χ0v) is 20.3. The molecule has 0 saturated heterocycles. The molecule has 1 aliphatic rings. The van der Waals surface area contributed by atoms with Crippen molar-refractivity contribution in [3.63, 3.8) is 0 Å². The van der Waals surface area contributed by atoms with E-state index in [2.05, 4.69) is 21.2 Å². The van der Waals surface area contributed by atoms with E-state index in [4.69, 9.17) is 26.4 Å². The molecule has 184 valence electrons. The van der Waals surface area contributed by atoms with Gasteiger partial charge in [-0.1, -0.05) is 18.2 Å². The molecule has 0 unspecified atom stereocenters. The Balaban J connectivity index is 1.70. The highest BCUT2D eigenvalue weighted by Crippen LogP contribution is 2.33. The molecule has 11 heteroatoms. The van der Waals surface area contributed by atoms with Gasteiger partial charge in [0.15, 0.2) is 23.2 Å². The van der Waals surface area contributed by atoms with Crippen LogP contribution in [0.3, 0.4) is 0 Å². The molecule has 0 bridgehead atoms. The van der Waals surface area contributed by atoms with Gasteiger partial charge in [-0.2, -0.15) is 5.10 Å². The molecule has 4 N–H and O–H groups in total. The van der Waals surface area contributed by atoms with Crippen molar-refractivity contribution in [2.24, 2.45) is 5.10 Å². The molecule has 0 aliphatic carbocycles. The topological polar surface area (TPSA) is 131 Å². The van der Waals surface area contributed by atoms with Gasteiger partial charge in [-0.05, 0) is 55.9 Å². The predicted molar refractivity (Wildman–Crippen MR) is 133 cm³/mol. The minimum Gasteiger partial charge on any atom is -0.504 e. The van der Waals surface area contributed by atoms with Gasteiger partial charge < -0.3 is 30.0 Å². The lowest BCUT2D eigenvalue weighted by Crippen LogP contribution is -2.45. The number of thiocarbonyl (C=S) groups is 1. The average molecular weight is 499 g/mol. The van der Waals surface area contributed by atoms with Crippen LogP contribution in [0.15, 0.2) is 58.8 Å². The number of hydrogen-bond acceptors (Lipinski definition) is 8. The Kier molecular flexibility index (Phi) is 8.63. The lowest BCUT2D eigenvalue weighted by atomic mass is 9.95. The molecule has 2 aromatic rings. The zero-order valence-electron chi connectivity index (χ0n) is 19.5. The Morgan fingerprint density at radius 2 is 2.00 bits per heavy atom. The van der Waals surface area contributed by atoms with Gasteiger partial charge in [-0.15, -0.1) is 0 Å². The molecule has 0 spiro atoms. The number of amides is 1. The fraction of sp³-hybridized carbons (Fsp3) is 0.250. The number of benzene rings is 2. The van der Waals surface area contributed by atoms with Crippen LogP contribution < -0.4 is 25.5 Å². The van der Waals surface area contributed by atoms with E-state index >= 15 is 0 Å². The molecule has 1 aliphatic heterocycles. The van der Waals surface area contributed by atoms with E-state index in [-0.39, 0.29) is 24.7 Å². The molecule has 2 aromatic carbocycles. The maximum absolute atomic E-state index is 12.6. The number of phenols is 1. The Hall–Kier alpha value is -4.12. The van der Waals surface area contributed by atoms with Gasteiger partial charge in [0.2, 0.25) is 0 Å². The number of para-hydroxylation sites is 1.